The number of aliphatic hydroxyl groups excluding tert-OH is 1. The van der Waals surface area contributed by atoms with Gasteiger partial charge in [-0.25, -0.2) is 9.97 Å². The van der Waals surface area contributed by atoms with E-state index in [4.69, 9.17) is 0 Å². The Balaban J connectivity index is 1.90. The van der Waals surface area contributed by atoms with Crippen LogP contribution in [0.25, 0.3) is 11.0 Å². The van der Waals surface area contributed by atoms with Crippen molar-refractivity contribution in [1.82, 2.24) is 19.7 Å². The molecule has 0 radical (unpaired) electrons. The maximum atomic E-state index is 10.5. The van der Waals surface area contributed by atoms with E-state index >= 15 is 0 Å². The van der Waals surface area contributed by atoms with Gasteiger partial charge in [-0.2, -0.15) is 5.10 Å². The summed E-state index contributed by atoms with van der Waals surface area (Å²) < 4.78 is 1.69. The highest BCUT2D eigenvalue weighted by Gasteiger charge is 2.18. The SMILES string of the molecule is CCN(CC(O)c1cccc(O)c1)c1ncnc2c1cnn2C. The van der Waals surface area contributed by atoms with E-state index in [0.717, 1.165) is 16.9 Å². The number of phenolic OH excluding ortho intramolecular Hbond substituents is 1. The van der Waals surface area contributed by atoms with E-state index in [-0.39, 0.29) is 5.75 Å². The van der Waals surface area contributed by atoms with Gasteiger partial charge in [0, 0.05) is 20.1 Å². The number of nitrogens with zero attached hydrogens (tertiary/aromatic N) is 5. The van der Waals surface area contributed by atoms with Crippen molar-refractivity contribution in [3.8, 4) is 5.75 Å². The monoisotopic (exact) mass is 313 g/mol. The van der Waals surface area contributed by atoms with Gasteiger partial charge in [-0.05, 0) is 24.6 Å². The van der Waals surface area contributed by atoms with E-state index in [1.54, 1.807) is 35.1 Å². The highest BCUT2D eigenvalue weighted by molar-refractivity contribution is 5.86. The summed E-state index contributed by atoms with van der Waals surface area (Å²) in [5, 5.41) is 25.1. The van der Waals surface area contributed by atoms with Crippen molar-refractivity contribution in [2.24, 2.45) is 7.05 Å². The third-order valence-corrected chi connectivity index (χ3v) is 3.84. The lowest BCUT2D eigenvalue weighted by molar-refractivity contribution is 0.183. The number of hydrogen-bond donors (Lipinski definition) is 2. The lowest BCUT2D eigenvalue weighted by Gasteiger charge is -2.25. The number of aromatic hydroxyl groups is 1. The normalized spacial score (nSPS) is 12.5. The molecule has 7 heteroatoms. The van der Waals surface area contributed by atoms with Gasteiger partial charge in [-0.3, -0.25) is 4.68 Å². The smallest absolute Gasteiger partial charge is 0.163 e. The molecule has 0 spiro atoms. The molecule has 0 amide bonds. The summed E-state index contributed by atoms with van der Waals surface area (Å²) in [6.07, 6.45) is 2.50. The Morgan fingerprint density at radius 3 is 2.87 bits per heavy atom. The molecule has 3 aromatic rings. The Hall–Kier alpha value is -2.67. The molecule has 0 aliphatic carbocycles. The predicted octanol–water partition coefficient (Wildman–Crippen LogP) is 1.63. The van der Waals surface area contributed by atoms with E-state index in [0.29, 0.717) is 18.7 Å². The first-order chi connectivity index (χ1) is 11.1. The molecule has 2 N–H and O–H groups in total. The largest absolute Gasteiger partial charge is 0.508 e. The average molecular weight is 313 g/mol. The number of hydrogen-bond acceptors (Lipinski definition) is 6. The number of anilines is 1. The van der Waals surface area contributed by atoms with Crippen LogP contribution in [0, 0.1) is 0 Å². The van der Waals surface area contributed by atoms with Crippen LogP contribution in [0.4, 0.5) is 5.82 Å². The molecule has 0 saturated heterocycles. The van der Waals surface area contributed by atoms with Gasteiger partial charge in [0.25, 0.3) is 0 Å². The van der Waals surface area contributed by atoms with Gasteiger partial charge in [0.1, 0.15) is 17.9 Å². The van der Waals surface area contributed by atoms with Gasteiger partial charge in [0.05, 0.1) is 17.7 Å². The Bertz CT molecular complexity index is 817. The number of aryl methyl sites for hydroxylation is 1. The average Bonchev–Trinajstić information content (AvgIpc) is 2.94. The van der Waals surface area contributed by atoms with Gasteiger partial charge < -0.3 is 15.1 Å². The van der Waals surface area contributed by atoms with Crippen molar-refractivity contribution >= 4 is 16.9 Å². The Morgan fingerprint density at radius 1 is 1.30 bits per heavy atom. The number of rotatable bonds is 5. The molecule has 1 unspecified atom stereocenters. The molecule has 0 aliphatic heterocycles. The molecule has 0 saturated carbocycles. The molecule has 2 aromatic heterocycles. The second kappa shape index (κ2) is 6.21. The lowest BCUT2D eigenvalue weighted by atomic mass is 10.1. The Morgan fingerprint density at radius 2 is 2.13 bits per heavy atom. The topological polar surface area (TPSA) is 87.3 Å². The van der Waals surface area contributed by atoms with Crippen LogP contribution >= 0.6 is 0 Å². The Labute approximate surface area is 133 Å². The second-order valence-electron chi connectivity index (χ2n) is 5.35. The zero-order chi connectivity index (χ0) is 16.4. The molecule has 0 aliphatic rings. The van der Waals surface area contributed by atoms with Crippen LogP contribution in [0.5, 0.6) is 5.75 Å². The van der Waals surface area contributed by atoms with E-state index in [9.17, 15) is 10.2 Å². The summed E-state index contributed by atoms with van der Waals surface area (Å²) in [7, 11) is 1.83. The quantitative estimate of drug-likeness (QED) is 0.744. The molecule has 120 valence electrons. The molecule has 1 atom stereocenters. The number of aromatic nitrogens is 4. The summed E-state index contributed by atoms with van der Waals surface area (Å²) in [5.74, 6) is 0.881. The first kappa shape index (κ1) is 15.2. The standard InChI is InChI=1S/C16H19N5O2/c1-3-21(9-14(23)11-5-4-6-12(22)7-11)16-13-8-19-20(2)15(13)17-10-18-16/h4-8,10,14,22-23H,3,9H2,1-2H3. The summed E-state index contributed by atoms with van der Waals surface area (Å²) in [4.78, 5) is 10.6. The maximum Gasteiger partial charge on any atom is 0.163 e. The van der Waals surface area contributed by atoms with E-state index < -0.39 is 6.10 Å². The number of benzene rings is 1. The van der Waals surface area contributed by atoms with E-state index in [1.165, 1.54) is 6.33 Å². The van der Waals surface area contributed by atoms with Crippen LogP contribution in [-0.4, -0.2) is 43.1 Å². The zero-order valence-electron chi connectivity index (χ0n) is 13.1. The fourth-order valence-corrected chi connectivity index (χ4v) is 2.61. The second-order valence-corrected chi connectivity index (χ2v) is 5.35. The van der Waals surface area contributed by atoms with Crippen LogP contribution in [0.2, 0.25) is 0 Å². The predicted molar refractivity (Wildman–Crippen MR) is 87.3 cm³/mol. The number of fused-ring (bicyclic) bond motifs is 1. The molecule has 7 nitrogen and oxygen atoms in total. The van der Waals surface area contributed by atoms with Crippen molar-refractivity contribution < 1.29 is 10.2 Å². The van der Waals surface area contributed by atoms with Crippen LogP contribution in [0.3, 0.4) is 0 Å². The van der Waals surface area contributed by atoms with Gasteiger partial charge in [0.2, 0.25) is 0 Å². The summed E-state index contributed by atoms with van der Waals surface area (Å²) in [5.41, 5.74) is 1.42. The molecule has 0 bridgehead atoms. The van der Waals surface area contributed by atoms with Gasteiger partial charge in [-0.1, -0.05) is 12.1 Å². The van der Waals surface area contributed by atoms with Crippen molar-refractivity contribution in [1.29, 1.82) is 0 Å². The Kier molecular flexibility index (Phi) is 4.12. The van der Waals surface area contributed by atoms with Gasteiger partial charge in [-0.15, -0.1) is 0 Å². The molecule has 0 fully saturated rings. The highest BCUT2D eigenvalue weighted by atomic mass is 16.3. The highest BCUT2D eigenvalue weighted by Crippen LogP contribution is 2.25. The number of likely N-dealkylation sites (N-methyl/N-ethyl adjacent to an activating group) is 1. The first-order valence-corrected chi connectivity index (χ1v) is 7.44. The number of aliphatic hydroxyl groups is 1. The minimum atomic E-state index is -0.733. The number of phenols is 1. The van der Waals surface area contributed by atoms with Crippen molar-refractivity contribution in [3.63, 3.8) is 0 Å². The molecular weight excluding hydrogens is 294 g/mol. The molecular formula is C16H19N5O2. The third-order valence-electron chi connectivity index (χ3n) is 3.84. The van der Waals surface area contributed by atoms with Crippen LogP contribution in [-0.2, 0) is 7.05 Å². The lowest BCUT2D eigenvalue weighted by Crippen LogP contribution is -2.29. The minimum Gasteiger partial charge on any atom is -0.508 e. The fourth-order valence-electron chi connectivity index (χ4n) is 2.61. The zero-order valence-corrected chi connectivity index (χ0v) is 13.1. The fraction of sp³-hybridized carbons (Fsp3) is 0.312. The third kappa shape index (κ3) is 2.95. The van der Waals surface area contributed by atoms with E-state index in [2.05, 4.69) is 15.1 Å². The molecule has 3 rings (SSSR count). The van der Waals surface area contributed by atoms with Crippen molar-refractivity contribution in [3.05, 3.63) is 42.4 Å². The summed E-state index contributed by atoms with van der Waals surface area (Å²) in [6.45, 7) is 3.04. The summed E-state index contributed by atoms with van der Waals surface area (Å²) in [6, 6.07) is 6.65. The molecule has 23 heavy (non-hydrogen) atoms. The molecule has 1 aromatic carbocycles. The van der Waals surface area contributed by atoms with Crippen LogP contribution < -0.4 is 4.90 Å². The van der Waals surface area contributed by atoms with Crippen molar-refractivity contribution in [2.75, 3.05) is 18.0 Å². The van der Waals surface area contributed by atoms with E-state index in [1.807, 2.05) is 18.9 Å². The summed E-state index contributed by atoms with van der Waals surface area (Å²) >= 11 is 0. The van der Waals surface area contributed by atoms with Crippen LogP contribution in [0.15, 0.2) is 36.8 Å². The molecule has 2 heterocycles. The van der Waals surface area contributed by atoms with Crippen LogP contribution in [0.1, 0.15) is 18.6 Å². The van der Waals surface area contributed by atoms with Gasteiger partial charge in [0.15, 0.2) is 5.65 Å². The van der Waals surface area contributed by atoms with Gasteiger partial charge >= 0.3 is 0 Å². The van der Waals surface area contributed by atoms with Crippen molar-refractivity contribution in [2.45, 2.75) is 13.0 Å². The first-order valence-electron chi connectivity index (χ1n) is 7.44. The maximum absolute atomic E-state index is 10.5. The minimum absolute atomic E-state index is 0.140.